The third kappa shape index (κ3) is 9.84. The minimum Gasteiger partial charge on any atom is -0.393 e. The highest BCUT2D eigenvalue weighted by Crippen LogP contribution is 2.02. The number of hydrogen-bond donors (Lipinski definition) is 2. The van der Waals surface area contributed by atoms with Gasteiger partial charge >= 0.3 is 0 Å². The molecule has 0 saturated heterocycles. The molecule has 0 fully saturated rings. The van der Waals surface area contributed by atoms with Crippen LogP contribution in [0.5, 0.6) is 0 Å². The van der Waals surface area contributed by atoms with Crippen LogP contribution in [0.15, 0.2) is 0 Å². The molecule has 0 aliphatic heterocycles. The van der Waals surface area contributed by atoms with Gasteiger partial charge in [0.25, 0.3) is 0 Å². The Labute approximate surface area is 82.7 Å². The average molecular weight is 187 g/mol. The van der Waals surface area contributed by atoms with Gasteiger partial charge in [0, 0.05) is 0 Å². The first-order chi connectivity index (χ1) is 6.16. The van der Waals surface area contributed by atoms with Crippen molar-refractivity contribution in [2.45, 2.75) is 52.6 Å². The fourth-order valence-electron chi connectivity index (χ4n) is 1.47. The number of hydrogen-bond acceptors (Lipinski definition) is 2. The van der Waals surface area contributed by atoms with Gasteiger partial charge < -0.3 is 10.4 Å². The Bertz CT molecular complexity index is 104. The van der Waals surface area contributed by atoms with Crippen molar-refractivity contribution in [3.05, 3.63) is 0 Å². The number of aliphatic hydroxyl groups excluding tert-OH is 1. The van der Waals surface area contributed by atoms with Crippen LogP contribution in [-0.4, -0.2) is 24.3 Å². The van der Waals surface area contributed by atoms with Crippen LogP contribution in [0.4, 0.5) is 0 Å². The molecule has 0 radical (unpaired) electrons. The summed E-state index contributed by atoms with van der Waals surface area (Å²) in [6.07, 6.45) is 4.43. The minimum atomic E-state index is -0.144. The van der Waals surface area contributed by atoms with Crippen LogP contribution in [0.3, 0.4) is 0 Å². The van der Waals surface area contributed by atoms with Crippen molar-refractivity contribution in [2.24, 2.45) is 5.92 Å². The molecule has 0 aromatic rings. The standard InChI is InChI=1S/C11H25NO/c1-4-6-10(2)9-12-8-5-7-11(3)13/h10-13H,4-9H2,1-3H3. The number of nitrogens with one attached hydrogen (secondary N) is 1. The van der Waals surface area contributed by atoms with Crippen molar-refractivity contribution >= 4 is 0 Å². The van der Waals surface area contributed by atoms with E-state index in [2.05, 4.69) is 19.2 Å². The summed E-state index contributed by atoms with van der Waals surface area (Å²) >= 11 is 0. The van der Waals surface area contributed by atoms with E-state index in [0.29, 0.717) is 0 Å². The van der Waals surface area contributed by atoms with Crippen molar-refractivity contribution in [1.29, 1.82) is 0 Å². The molecule has 0 aliphatic rings. The minimum absolute atomic E-state index is 0.144. The second-order valence-corrected chi connectivity index (χ2v) is 4.09. The maximum absolute atomic E-state index is 9.02. The van der Waals surface area contributed by atoms with Crippen molar-refractivity contribution < 1.29 is 5.11 Å². The highest BCUT2D eigenvalue weighted by molar-refractivity contribution is 4.57. The molecule has 2 heteroatoms. The molecule has 2 unspecified atom stereocenters. The Kier molecular flexibility index (Phi) is 8.46. The molecular formula is C11H25NO. The van der Waals surface area contributed by atoms with E-state index in [1.165, 1.54) is 12.8 Å². The van der Waals surface area contributed by atoms with Gasteiger partial charge in [-0.25, -0.2) is 0 Å². The summed E-state index contributed by atoms with van der Waals surface area (Å²) in [7, 11) is 0. The largest absolute Gasteiger partial charge is 0.393 e. The molecular weight excluding hydrogens is 162 g/mol. The van der Waals surface area contributed by atoms with Gasteiger partial charge in [-0.05, 0) is 45.2 Å². The Balaban J connectivity index is 3.06. The first-order valence-electron chi connectivity index (χ1n) is 5.55. The molecule has 0 bridgehead atoms. The van der Waals surface area contributed by atoms with E-state index in [4.69, 9.17) is 5.11 Å². The molecule has 0 spiro atoms. The van der Waals surface area contributed by atoms with Crippen LogP contribution in [0.25, 0.3) is 0 Å². The normalized spacial score (nSPS) is 15.7. The van der Waals surface area contributed by atoms with Crippen LogP contribution in [-0.2, 0) is 0 Å². The lowest BCUT2D eigenvalue weighted by Crippen LogP contribution is -2.22. The summed E-state index contributed by atoms with van der Waals surface area (Å²) in [6, 6.07) is 0. The highest BCUT2D eigenvalue weighted by Gasteiger charge is 1.99. The lowest BCUT2D eigenvalue weighted by atomic mass is 10.1. The van der Waals surface area contributed by atoms with E-state index < -0.39 is 0 Å². The van der Waals surface area contributed by atoms with Crippen molar-refractivity contribution in [3.63, 3.8) is 0 Å². The monoisotopic (exact) mass is 187 g/mol. The topological polar surface area (TPSA) is 32.3 Å². The summed E-state index contributed by atoms with van der Waals surface area (Å²) in [5.74, 6) is 0.788. The summed E-state index contributed by atoms with van der Waals surface area (Å²) in [5, 5.41) is 12.4. The van der Waals surface area contributed by atoms with E-state index in [-0.39, 0.29) is 6.10 Å². The maximum Gasteiger partial charge on any atom is 0.0512 e. The van der Waals surface area contributed by atoms with Gasteiger partial charge in [-0.15, -0.1) is 0 Å². The fraction of sp³-hybridized carbons (Fsp3) is 1.00. The summed E-state index contributed by atoms with van der Waals surface area (Å²) < 4.78 is 0. The van der Waals surface area contributed by atoms with Gasteiger partial charge in [0.1, 0.15) is 0 Å². The van der Waals surface area contributed by atoms with Gasteiger partial charge in [0.05, 0.1) is 6.10 Å². The first-order valence-corrected chi connectivity index (χ1v) is 5.55. The zero-order valence-corrected chi connectivity index (χ0v) is 9.34. The third-order valence-corrected chi connectivity index (χ3v) is 2.25. The van der Waals surface area contributed by atoms with E-state index in [9.17, 15) is 0 Å². The molecule has 0 saturated carbocycles. The molecule has 2 nitrogen and oxygen atoms in total. The SMILES string of the molecule is CCCC(C)CNCCCC(C)O. The average Bonchev–Trinajstić information content (AvgIpc) is 2.03. The molecule has 2 N–H and O–H groups in total. The molecule has 0 rings (SSSR count). The molecule has 0 heterocycles. The molecule has 13 heavy (non-hydrogen) atoms. The van der Waals surface area contributed by atoms with Gasteiger partial charge in [-0.1, -0.05) is 20.3 Å². The Morgan fingerprint density at radius 2 is 1.92 bits per heavy atom. The smallest absolute Gasteiger partial charge is 0.0512 e. The van der Waals surface area contributed by atoms with Crippen LogP contribution < -0.4 is 5.32 Å². The van der Waals surface area contributed by atoms with E-state index in [0.717, 1.165) is 31.8 Å². The third-order valence-electron chi connectivity index (χ3n) is 2.25. The molecule has 0 aromatic carbocycles. The first kappa shape index (κ1) is 12.9. The molecule has 2 atom stereocenters. The van der Waals surface area contributed by atoms with Crippen LogP contribution in [0.1, 0.15) is 46.5 Å². The maximum atomic E-state index is 9.02. The molecule has 0 aromatic heterocycles. The number of aliphatic hydroxyl groups is 1. The van der Waals surface area contributed by atoms with Crippen LogP contribution in [0, 0.1) is 5.92 Å². The predicted octanol–water partition coefficient (Wildman–Crippen LogP) is 2.17. The lowest BCUT2D eigenvalue weighted by molar-refractivity contribution is 0.181. The van der Waals surface area contributed by atoms with E-state index >= 15 is 0 Å². The fourth-order valence-corrected chi connectivity index (χ4v) is 1.47. The Hall–Kier alpha value is -0.0800. The van der Waals surface area contributed by atoms with Gasteiger partial charge in [0.15, 0.2) is 0 Å². The Morgan fingerprint density at radius 3 is 2.46 bits per heavy atom. The van der Waals surface area contributed by atoms with Crippen LogP contribution >= 0.6 is 0 Å². The van der Waals surface area contributed by atoms with E-state index in [1.807, 2.05) is 6.92 Å². The molecule has 80 valence electrons. The van der Waals surface area contributed by atoms with Crippen molar-refractivity contribution in [2.75, 3.05) is 13.1 Å². The zero-order chi connectivity index (χ0) is 10.1. The van der Waals surface area contributed by atoms with Crippen molar-refractivity contribution in [1.82, 2.24) is 5.32 Å². The molecule has 0 amide bonds. The van der Waals surface area contributed by atoms with Crippen LogP contribution in [0.2, 0.25) is 0 Å². The predicted molar refractivity (Wildman–Crippen MR) is 57.9 cm³/mol. The van der Waals surface area contributed by atoms with Gasteiger partial charge in [-0.3, -0.25) is 0 Å². The van der Waals surface area contributed by atoms with Gasteiger partial charge in [-0.2, -0.15) is 0 Å². The summed E-state index contributed by atoms with van der Waals surface area (Å²) in [4.78, 5) is 0. The number of rotatable bonds is 8. The molecule has 0 aliphatic carbocycles. The second kappa shape index (κ2) is 8.52. The lowest BCUT2D eigenvalue weighted by Gasteiger charge is -2.11. The summed E-state index contributed by atoms with van der Waals surface area (Å²) in [6.45, 7) is 8.52. The zero-order valence-electron chi connectivity index (χ0n) is 9.34. The van der Waals surface area contributed by atoms with E-state index in [1.54, 1.807) is 0 Å². The van der Waals surface area contributed by atoms with Crippen molar-refractivity contribution in [3.8, 4) is 0 Å². The Morgan fingerprint density at radius 1 is 1.23 bits per heavy atom. The second-order valence-electron chi connectivity index (χ2n) is 4.09. The highest BCUT2D eigenvalue weighted by atomic mass is 16.3. The summed E-state index contributed by atoms with van der Waals surface area (Å²) in [5.41, 5.74) is 0. The van der Waals surface area contributed by atoms with Gasteiger partial charge in [0.2, 0.25) is 0 Å². The quantitative estimate of drug-likeness (QED) is 0.571.